The van der Waals surface area contributed by atoms with E-state index in [9.17, 15) is 5.11 Å². The SMILES string of the molecule is CCC(N)C(C)(O)c1ccnn1C. The van der Waals surface area contributed by atoms with Crippen molar-refractivity contribution in [2.45, 2.75) is 31.9 Å². The summed E-state index contributed by atoms with van der Waals surface area (Å²) in [4.78, 5) is 0. The zero-order valence-corrected chi connectivity index (χ0v) is 8.36. The average molecular weight is 183 g/mol. The van der Waals surface area contributed by atoms with Gasteiger partial charge in [-0.1, -0.05) is 6.92 Å². The number of hydrogen-bond donors (Lipinski definition) is 2. The van der Waals surface area contributed by atoms with Crippen molar-refractivity contribution >= 4 is 0 Å². The van der Waals surface area contributed by atoms with Crippen LogP contribution in [-0.4, -0.2) is 20.9 Å². The lowest BCUT2D eigenvalue weighted by molar-refractivity contribution is 0.0198. The third kappa shape index (κ3) is 1.73. The molecule has 1 heterocycles. The minimum Gasteiger partial charge on any atom is -0.382 e. The molecule has 0 saturated carbocycles. The van der Waals surface area contributed by atoms with Crippen molar-refractivity contribution in [1.82, 2.24) is 9.78 Å². The molecule has 74 valence electrons. The minimum atomic E-state index is -1.00. The monoisotopic (exact) mass is 183 g/mol. The molecule has 0 aliphatic heterocycles. The van der Waals surface area contributed by atoms with Gasteiger partial charge in [0, 0.05) is 19.3 Å². The first-order chi connectivity index (χ1) is 6.00. The Morgan fingerprint density at radius 2 is 2.38 bits per heavy atom. The standard InChI is InChI=1S/C9H17N3O/c1-4-7(10)9(2,13)8-5-6-11-12(8)3/h5-7,13H,4,10H2,1-3H3. The van der Waals surface area contributed by atoms with Crippen LogP contribution >= 0.6 is 0 Å². The summed E-state index contributed by atoms with van der Waals surface area (Å²) in [6.07, 6.45) is 2.39. The van der Waals surface area contributed by atoms with Crippen LogP contribution in [0.5, 0.6) is 0 Å². The molecule has 4 heteroatoms. The van der Waals surface area contributed by atoms with E-state index in [4.69, 9.17) is 5.73 Å². The molecule has 2 unspecified atom stereocenters. The van der Waals surface area contributed by atoms with E-state index < -0.39 is 5.60 Å². The third-order valence-electron chi connectivity index (χ3n) is 2.50. The minimum absolute atomic E-state index is 0.261. The predicted molar refractivity (Wildman–Crippen MR) is 51.0 cm³/mol. The van der Waals surface area contributed by atoms with Gasteiger partial charge in [-0.2, -0.15) is 5.10 Å². The lowest BCUT2D eigenvalue weighted by atomic mass is 9.91. The lowest BCUT2D eigenvalue weighted by Crippen LogP contribution is -2.43. The van der Waals surface area contributed by atoms with Crippen LogP contribution in [0.2, 0.25) is 0 Å². The maximum atomic E-state index is 10.1. The van der Waals surface area contributed by atoms with E-state index in [-0.39, 0.29) is 6.04 Å². The number of nitrogens with two attached hydrogens (primary N) is 1. The van der Waals surface area contributed by atoms with Crippen molar-refractivity contribution in [1.29, 1.82) is 0 Å². The maximum absolute atomic E-state index is 10.1. The summed E-state index contributed by atoms with van der Waals surface area (Å²) in [6, 6.07) is 1.53. The molecule has 0 fully saturated rings. The molecule has 1 rings (SSSR count). The molecule has 4 nitrogen and oxygen atoms in total. The fourth-order valence-corrected chi connectivity index (χ4v) is 1.46. The van der Waals surface area contributed by atoms with Gasteiger partial charge >= 0.3 is 0 Å². The van der Waals surface area contributed by atoms with E-state index in [0.29, 0.717) is 0 Å². The number of aryl methyl sites for hydroxylation is 1. The second-order valence-electron chi connectivity index (χ2n) is 3.50. The van der Waals surface area contributed by atoms with Crippen LogP contribution in [0.1, 0.15) is 26.0 Å². The van der Waals surface area contributed by atoms with Crippen LogP contribution in [0.15, 0.2) is 12.3 Å². The quantitative estimate of drug-likeness (QED) is 0.711. The predicted octanol–water partition coefficient (Wildman–Crippen LogP) is 0.365. The summed E-state index contributed by atoms with van der Waals surface area (Å²) >= 11 is 0. The fourth-order valence-electron chi connectivity index (χ4n) is 1.46. The Morgan fingerprint density at radius 3 is 2.77 bits per heavy atom. The molecule has 0 amide bonds. The second kappa shape index (κ2) is 3.47. The molecule has 13 heavy (non-hydrogen) atoms. The second-order valence-corrected chi connectivity index (χ2v) is 3.50. The van der Waals surface area contributed by atoms with Crippen molar-refractivity contribution in [2.24, 2.45) is 12.8 Å². The summed E-state index contributed by atoms with van der Waals surface area (Å²) < 4.78 is 1.65. The van der Waals surface area contributed by atoms with E-state index >= 15 is 0 Å². The molecule has 1 aromatic rings. The molecule has 0 aromatic carbocycles. The van der Waals surface area contributed by atoms with Gasteiger partial charge in [-0.3, -0.25) is 4.68 Å². The van der Waals surface area contributed by atoms with Crippen LogP contribution in [-0.2, 0) is 12.6 Å². The lowest BCUT2D eigenvalue weighted by Gasteiger charge is -2.29. The molecular formula is C9H17N3O. The summed E-state index contributed by atoms with van der Waals surface area (Å²) in [5, 5.41) is 14.1. The van der Waals surface area contributed by atoms with Gasteiger partial charge in [0.05, 0.1) is 5.69 Å². The molecule has 0 bridgehead atoms. The first-order valence-electron chi connectivity index (χ1n) is 4.46. The van der Waals surface area contributed by atoms with Crippen molar-refractivity contribution in [3.63, 3.8) is 0 Å². The highest BCUT2D eigenvalue weighted by Crippen LogP contribution is 2.23. The highest BCUT2D eigenvalue weighted by Gasteiger charge is 2.32. The molecule has 0 radical (unpaired) electrons. The maximum Gasteiger partial charge on any atom is 0.118 e. The zero-order valence-electron chi connectivity index (χ0n) is 8.36. The normalized spacial score (nSPS) is 18.2. The summed E-state index contributed by atoms with van der Waals surface area (Å²) in [7, 11) is 1.80. The molecular weight excluding hydrogens is 166 g/mol. The topological polar surface area (TPSA) is 64.1 Å². The largest absolute Gasteiger partial charge is 0.382 e. The molecule has 0 aliphatic rings. The Hall–Kier alpha value is -0.870. The Kier molecular flexibility index (Phi) is 2.73. The van der Waals surface area contributed by atoms with Gasteiger partial charge in [0.25, 0.3) is 0 Å². The Bertz CT molecular complexity index is 280. The number of hydrogen-bond acceptors (Lipinski definition) is 3. The van der Waals surface area contributed by atoms with E-state index in [0.717, 1.165) is 12.1 Å². The zero-order chi connectivity index (χ0) is 10.1. The molecule has 1 aromatic heterocycles. The van der Waals surface area contributed by atoms with E-state index in [1.54, 1.807) is 30.9 Å². The number of aromatic nitrogens is 2. The smallest absolute Gasteiger partial charge is 0.118 e. The van der Waals surface area contributed by atoms with Crippen LogP contribution in [0.3, 0.4) is 0 Å². The van der Waals surface area contributed by atoms with Gasteiger partial charge in [0.2, 0.25) is 0 Å². The molecule has 0 spiro atoms. The summed E-state index contributed by atoms with van der Waals surface area (Å²) in [5.41, 5.74) is 5.57. The number of rotatable bonds is 3. The van der Waals surface area contributed by atoms with E-state index in [2.05, 4.69) is 5.10 Å². The van der Waals surface area contributed by atoms with E-state index in [1.165, 1.54) is 0 Å². The fraction of sp³-hybridized carbons (Fsp3) is 0.667. The van der Waals surface area contributed by atoms with Gasteiger partial charge in [-0.05, 0) is 19.4 Å². The van der Waals surface area contributed by atoms with Crippen molar-refractivity contribution in [3.8, 4) is 0 Å². The number of aliphatic hydroxyl groups is 1. The Balaban J connectivity index is 2.99. The molecule has 3 N–H and O–H groups in total. The van der Waals surface area contributed by atoms with Gasteiger partial charge < -0.3 is 10.8 Å². The molecule has 2 atom stereocenters. The van der Waals surface area contributed by atoms with E-state index in [1.807, 2.05) is 6.92 Å². The first-order valence-corrected chi connectivity index (χ1v) is 4.46. The highest BCUT2D eigenvalue weighted by atomic mass is 16.3. The van der Waals surface area contributed by atoms with Crippen LogP contribution in [0, 0.1) is 0 Å². The first kappa shape index (κ1) is 10.2. The van der Waals surface area contributed by atoms with Gasteiger partial charge in [0.1, 0.15) is 5.60 Å². The van der Waals surface area contributed by atoms with Crippen LogP contribution in [0.25, 0.3) is 0 Å². The Labute approximate surface area is 78.4 Å². The molecule has 0 aliphatic carbocycles. The summed E-state index contributed by atoms with van der Waals surface area (Å²) in [5.74, 6) is 0. The van der Waals surface area contributed by atoms with Crippen LogP contribution in [0.4, 0.5) is 0 Å². The van der Waals surface area contributed by atoms with Crippen LogP contribution < -0.4 is 5.73 Å². The van der Waals surface area contributed by atoms with Crippen molar-refractivity contribution < 1.29 is 5.11 Å². The third-order valence-corrected chi connectivity index (χ3v) is 2.50. The highest BCUT2D eigenvalue weighted by molar-refractivity contribution is 5.13. The van der Waals surface area contributed by atoms with Gasteiger partial charge in [0.15, 0.2) is 0 Å². The summed E-state index contributed by atoms with van der Waals surface area (Å²) in [6.45, 7) is 3.67. The van der Waals surface area contributed by atoms with Crippen molar-refractivity contribution in [3.05, 3.63) is 18.0 Å². The van der Waals surface area contributed by atoms with Gasteiger partial charge in [-0.15, -0.1) is 0 Å². The number of nitrogens with zero attached hydrogens (tertiary/aromatic N) is 2. The molecule has 0 saturated heterocycles. The van der Waals surface area contributed by atoms with Crippen molar-refractivity contribution in [2.75, 3.05) is 0 Å². The Morgan fingerprint density at radius 1 is 1.77 bits per heavy atom. The average Bonchev–Trinajstić information content (AvgIpc) is 2.50. The van der Waals surface area contributed by atoms with Gasteiger partial charge in [-0.25, -0.2) is 0 Å².